The van der Waals surface area contributed by atoms with Crippen LogP contribution in [0.15, 0.2) is 30.3 Å². The molecule has 6 heteroatoms. The van der Waals surface area contributed by atoms with Gasteiger partial charge in [0.1, 0.15) is 5.82 Å². The van der Waals surface area contributed by atoms with E-state index >= 15 is 0 Å². The highest BCUT2D eigenvalue weighted by Gasteiger charge is 2.13. The predicted octanol–water partition coefficient (Wildman–Crippen LogP) is 5.49. The number of nitrogen functional groups attached to an aromatic ring is 1. The SMILES string of the molecule is CC(Nc1cc(F)c(I)cc1N)c1ccc(Cl)cc1Cl. The van der Waals surface area contributed by atoms with Crippen LogP contribution in [0.25, 0.3) is 0 Å². The average molecular weight is 425 g/mol. The highest BCUT2D eigenvalue weighted by Crippen LogP contribution is 2.31. The third-order valence-corrected chi connectivity index (χ3v) is 4.28. The summed E-state index contributed by atoms with van der Waals surface area (Å²) in [6.07, 6.45) is 0. The number of anilines is 2. The van der Waals surface area contributed by atoms with Crippen molar-refractivity contribution in [2.24, 2.45) is 0 Å². The summed E-state index contributed by atoms with van der Waals surface area (Å²) in [6.45, 7) is 1.92. The van der Waals surface area contributed by atoms with Crippen LogP contribution in [0.5, 0.6) is 0 Å². The lowest BCUT2D eigenvalue weighted by Crippen LogP contribution is -2.09. The molecule has 0 amide bonds. The van der Waals surface area contributed by atoms with Crippen LogP contribution in [0.3, 0.4) is 0 Å². The van der Waals surface area contributed by atoms with Crippen molar-refractivity contribution in [1.82, 2.24) is 0 Å². The second-order valence-electron chi connectivity index (χ2n) is 4.39. The molecule has 1 atom stereocenters. The first-order valence-corrected chi connectivity index (χ1v) is 7.68. The summed E-state index contributed by atoms with van der Waals surface area (Å²) in [7, 11) is 0. The normalized spacial score (nSPS) is 12.2. The van der Waals surface area contributed by atoms with E-state index in [-0.39, 0.29) is 11.9 Å². The van der Waals surface area contributed by atoms with Gasteiger partial charge >= 0.3 is 0 Å². The molecule has 1 unspecified atom stereocenters. The number of nitrogens with two attached hydrogens (primary N) is 1. The predicted molar refractivity (Wildman–Crippen MR) is 92.0 cm³/mol. The molecule has 3 N–H and O–H groups in total. The van der Waals surface area contributed by atoms with Gasteiger partial charge in [-0.1, -0.05) is 29.3 Å². The molecule has 0 saturated heterocycles. The van der Waals surface area contributed by atoms with Crippen LogP contribution in [0, 0.1) is 9.39 Å². The molecule has 0 aliphatic rings. The van der Waals surface area contributed by atoms with Crippen molar-refractivity contribution in [1.29, 1.82) is 0 Å². The molecular weight excluding hydrogens is 413 g/mol. The van der Waals surface area contributed by atoms with E-state index in [9.17, 15) is 4.39 Å². The number of benzene rings is 2. The molecule has 2 nitrogen and oxygen atoms in total. The highest BCUT2D eigenvalue weighted by atomic mass is 127. The summed E-state index contributed by atoms with van der Waals surface area (Å²) in [5.41, 5.74) is 7.80. The van der Waals surface area contributed by atoms with E-state index in [4.69, 9.17) is 28.9 Å². The molecule has 0 saturated carbocycles. The van der Waals surface area contributed by atoms with Crippen molar-refractivity contribution in [3.05, 3.63) is 55.3 Å². The molecule has 2 aromatic rings. The first-order chi connectivity index (χ1) is 9.38. The minimum absolute atomic E-state index is 0.124. The third kappa shape index (κ3) is 3.48. The van der Waals surface area contributed by atoms with Gasteiger partial charge < -0.3 is 11.1 Å². The summed E-state index contributed by atoms with van der Waals surface area (Å²) in [4.78, 5) is 0. The molecule has 20 heavy (non-hydrogen) atoms. The lowest BCUT2D eigenvalue weighted by Gasteiger charge is -2.19. The number of nitrogens with one attached hydrogen (secondary N) is 1. The Balaban J connectivity index is 2.27. The Labute approximate surface area is 140 Å². The van der Waals surface area contributed by atoms with Gasteiger partial charge in [-0.25, -0.2) is 4.39 Å². The Kier molecular flexibility index (Phi) is 4.99. The molecule has 0 aromatic heterocycles. The minimum Gasteiger partial charge on any atom is -0.397 e. The zero-order valence-electron chi connectivity index (χ0n) is 10.6. The fourth-order valence-corrected chi connectivity index (χ4v) is 2.91. The van der Waals surface area contributed by atoms with E-state index in [0.717, 1.165) is 5.56 Å². The maximum atomic E-state index is 13.6. The molecule has 0 aliphatic carbocycles. The minimum atomic E-state index is -0.309. The summed E-state index contributed by atoms with van der Waals surface area (Å²) >= 11 is 13.9. The van der Waals surface area contributed by atoms with E-state index in [2.05, 4.69) is 5.32 Å². The summed E-state index contributed by atoms with van der Waals surface area (Å²) in [5.74, 6) is -0.309. The number of halogens is 4. The van der Waals surface area contributed by atoms with E-state index < -0.39 is 0 Å². The molecule has 106 valence electrons. The standard InChI is InChI=1S/C14H12Cl2FIN2/c1-7(9-3-2-8(15)4-10(9)16)20-14-5-11(17)12(18)6-13(14)19/h2-7,20H,19H2,1H3. The van der Waals surface area contributed by atoms with Gasteiger partial charge in [-0.05, 0) is 53.3 Å². The fraction of sp³-hybridized carbons (Fsp3) is 0.143. The van der Waals surface area contributed by atoms with E-state index in [1.54, 1.807) is 18.2 Å². The van der Waals surface area contributed by atoms with Crippen LogP contribution in [0.1, 0.15) is 18.5 Å². The maximum Gasteiger partial charge on any atom is 0.138 e. The molecule has 2 rings (SSSR count). The zero-order valence-corrected chi connectivity index (χ0v) is 14.2. The van der Waals surface area contributed by atoms with Crippen LogP contribution < -0.4 is 11.1 Å². The van der Waals surface area contributed by atoms with Crippen LogP contribution in [0.4, 0.5) is 15.8 Å². The number of hydrogen-bond acceptors (Lipinski definition) is 2. The van der Waals surface area contributed by atoms with Crippen LogP contribution >= 0.6 is 45.8 Å². The fourth-order valence-electron chi connectivity index (χ4n) is 1.85. The highest BCUT2D eigenvalue weighted by molar-refractivity contribution is 14.1. The molecule has 0 aliphatic heterocycles. The van der Waals surface area contributed by atoms with Gasteiger partial charge in [-0.15, -0.1) is 0 Å². The van der Waals surface area contributed by atoms with Crippen molar-refractivity contribution in [3.8, 4) is 0 Å². The van der Waals surface area contributed by atoms with Gasteiger partial charge in [-0.3, -0.25) is 0 Å². The van der Waals surface area contributed by atoms with Crippen molar-refractivity contribution in [3.63, 3.8) is 0 Å². The van der Waals surface area contributed by atoms with E-state index in [0.29, 0.717) is 25.0 Å². The van der Waals surface area contributed by atoms with Gasteiger partial charge in [0.25, 0.3) is 0 Å². The van der Waals surface area contributed by atoms with Crippen LogP contribution in [-0.4, -0.2) is 0 Å². The topological polar surface area (TPSA) is 38.0 Å². The van der Waals surface area contributed by atoms with E-state index in [1.807, 2.05) is 35.6 Å². The van der Waals surface area contributed by atoms with Crippen LogP contribution in [0.2, 0.25) is 10.0 Å². The van der Waals surface area contributed by atoms with Gasteiger partial charge in [0.2, 0.25) is 0 Å². The Morgan fingerprint density at radius 1 is 1.25 bits per heavy atom. The first kappa shape index (κ1) is 15.7. The molecule has 2 aromatic carbocycles. The quantitative estimate of drug-likeness (QED) is 0.504. The van der Waals surface area contributed by atoms with Crippen molar-refractivity contribution >= 4 is 57.2 Å². The van der Waals surface area contributed by atoms with Gasteiger partial charge in [0.15, 0.2) is 0 Å². The van der Waals surface area contributed by atoms with Crippen molar-refractivity contribution in [2.45, 2.75) is 13.0 Å². The Bertz CT molecular complexity index is 649. The second-order valence-corrected chi connectivity index (χ2v) is 6.39. The molecule has 0 radical (unpaired) electrons. The largest absolute Gasteiger partial charge is 0.397 e. The summed E-state index contributed by atoms with van der Waals surface area (Å²) in [5, 5.41) is 4.29. The Morgan fingerprint density at radius 3 is 2.60 bits per heavy atom. The molecular formula is C14H12Cl2FIN2. The first-order valence-electron chi connectivity index (χ1n) is 5.84. The molecule has 0 bridgehead atoms. The van der Waals surface area contributed by atoms with Gasteiger partial charge in [0.05, 0.1) is 21.0 Å². The molecule has 0 spiro atoms. The van der Waals surface area contributed by atoms with Crippen LogP contribution in [-0.2, 0) is 0 Å². The lowest BCUT2D eigenvalue weighted by molar-refractivity contribution is 0.620. The van der Waals surface area contributed by atoms with Gasteiger partial charge in [0, 0.05) is 16.1 Å². The third-order valence-electron chi connectivity index (χ3n) is 2.89. The molecule has 0 heterocycles. The maximum absolute atomic E-state index is 13.6. The second kappa shape index (κ2) is 6.37. The average Bonchev–Trinajstić information content (AvgIpc) is 2.35. The Hall–Kier alpha value is -0.720. The molecule has 0 fully saturated rings. The van der Waals surface area contributed by atoms with E-state index in [1.165, 1.54) is 6.07 Å². The van der Waals surface area contributed by atoms with Crippen molar-refractivity contribution < 1.29 is 4.39 Å². The smallest absolute Gasteiger partial charge is 0.138 e. The van der Waals surface area contributed by atoms with Gasteiger partial charge in [-0.2, -0.15) is 0 Å². The Morgan fingerprint density at radius 2 is 1.95 bits per heavy atom. The zero-order chi connectivity index (χ0) is 14.9. The summed E-state index contributed by atoms with van der Waals surface area (Å²) < 4.78 is 14.1. The lowest BCUT2D eigenvalue weighted by atomic mass is 10.1. The monoisotopic (exact) mass is 424 g/mol. The van der Waals surface area contributed by atoms with Crippen molar-refractivity contribution in [2.75, 3.05) is 11.1 Å². The summed E-state index contributed by atoms with van der Waals surface area (Å²) in [6, 6.07) is 8.13. The number of rotatable bonds is 3. The number of hydrogen-bond donors (Lipinski definition) is 2.